The van der Waals surface area contributed by atoms with E-state index in [0.717, 1.165) is 40.9 Å². The smallest absolute Gasteiger partial charge is 0.211 e. The summed E-state index contributed by atoms with van der Waals surface area (Å²) < 4.78 is 7.02. The third-order valence-electron chi connectivity index (χ3n) is 4.78. The third kappa shape index (κ3) is 5.02. The molecule has 0 saturated heterocycles. The molecule has 1 N–H and O–H groups in total. The fraction of sp³-hybridized carbons (Fsp3) is 0.333. The minimum absolute atomic E-state index is 0.0125. The molecule has 2 aromatic heterocycles. The van der Waals surface area contributed by atoms with Gasteiger partial charge in [0.2, 0.25) is 5.91 Å². The van der Waals surface area contributed by atoms with Crippen LogP contribution in [0.2, 0.25) is 6.32 Å². The van der Waals surface area contributed by atoms with Crippen LogP contribution in [0.3, 0.4) is 0 Å². The molecule has 0 unspecified atom stereocenters. The number of aromatic nitrogens is 3. The SMILES string of the molecule is [B]CC(=O)NCC[n+]1ccc(/C=C/c2ccc(N(CC)CC)c3nonc23)cc1. The molecule has 29 heavy (non-hydrogen) atoms. The number of carbonyl (C=O) groups excluding carboxylic acids is 1. The van der Waals surface area contributed by atoms with Gasteiger partial charge in [-0.2, -0.15) is 0 Å². The molecular formula is C21H25BN5O2+. The van der Waals surface area contributed by atoms with Gasteiger partial charge in [0.25, 0.3) is 0 Å². The summed E-state index contributed by atoms with van der Waals surface area (Å²) in [5.41, 5.74) is 4.59. The van der Waals surface area contributed by atoms with E-state index in [9.17, 15) is 4.79 Å². The lowest BCUT2D eigenvalue weighted by molar-refractivity contribution is -0.694. The van der Waals surface area contributed by atoms with Gasteiger partial charge in [-0.05, 0) is 42.1 Å². The summed E-state index contributed by atoms with van der Waals surface area (Å²) >= 11 is 0. The van der Waals surface area contributed by atoms with E-state index < -0.39 is 0 Å². The zero-order valence-corrected chi connectivity index (χ0v) is 16.8. The predicted molar refractivity (Wildman–Crippen MR) is 115 cm³/mol. The zero-order valence-electron chi connectivity index (χ0n) is 16.8. The van der Waals surface area contributed by atoms with E-state index in [-0.39, 0.29) is 12.2 Å². The highest BCUT2D eigenvalue weighted by molar-refractivity contribution is 6.19. The molecule has 0 aliphatic rings. The van der Waals surface area contributed by atoms with Crippen LogP contribution in [0.15, 0.2) is 41.3 Å². The Hall–Kier alpha value is -3.16. The summed E-state index contributed by atoms with van der Waals surface area (Å²) in [7, 11) is 5.27. The number of fused-ring (bicyclic) bond motifs is 1. The molecule has 0 aliphatic carbocycles. The topological polar surface area (TPSA) is 75.1 Å². The molecule has 148 valence electrons. The van der Waals surface area contributed by atoms with Gasteiger partial charge in [-0.3, -0.25) is 4.79 Å². The molecule has 7 nitrogen and oxygen atoms in total. The van der Waals surface area contributed by atoms with Crippen molar-refractivity contribution in [2.24, 2.45) is 0 Å². The molecule has 1 aromatic carbocycles. The van der Waals surface area contributed by atoms with Crippen LogP contribution in [0.5, 0.6) is 0 Å². The van der Waals surface area contributed by atoms with Gasteiger partial charge in [0.15, 0.2) is 24.5 Å². The van der Waals surface area contributed by atoms with Crippen molar-refractivity contribution in [3.8, 4) is 0 Å². The molecule has 2 radical (unpaired) electrons. The van der Waals surface area contributed by atoms with Crippen LogP contribution in [-0.4, -0.2) is 43.7 Å². The number of amides is 1. The summed E-state index contributed by atoms with van der Waals surface area (Å²) in [6.45, 7) is 7.26. The molecular weight excluding hydrogens is 365 g/mol. The lowest BCUT2D eigenvalue weighted by atomic mass is 10.1. The average molecular weight is 390 g/mol. The molecule has 0 saturated carbocycles. The second-order valence-corrected chi connectivity index (χ2v) is 6.56. The molecule has 1 amide bonds. The highest BCUT2D eigenvalue weighted by Gasteiger charge is 2.14. The highest BCUT2D eigenvalue weighted by Crippen LogP contribution is 2.28. The Morgan fingerprint density at radius 3 is 2.55 bits per heavy atom. The monoisotopic (exact) mass is 390 g/mol. The van der Waals surface area contributed by atoms with Gasteiger partial charge in [0.1, 0.15) is 5.52 Å². The summed E-state index contributed by atoms with van der Waals surface area (Å²) in [6, 6.07) is 8.14. The normalized spacial score (nSPS) is 11.2. The van der Waals surface area contributed by atoms with Gasteiger partial charge in [0.05, 0.1) is 20.1 Å². The van der Waals surface area contributed by atoms with Crippen molar-refractivity contribution in [2.45, 2.75) is 26.7 Å². The van der Waals surface area contributed by atoms with Crippen molar-refractivity contribution >= 4 is 42.6 Å². The molecule has 0 atom stereocenters. The maximum Gasteiger partial charge on any atom is 0.211 e. The number of benzene rings is 1. The Morgan fingerprint density at radius 1 is 1.14 bits per heavy atom. The van der Waals surface area contributed by atoms with Crippen LogP contribution in [-0.2, 0) is 11.3 Å². The van der Waals surface area contributed by atoms with Crippen LogP contribution < -0.4 is 14.8 Å². The van der Waals surface area contributed by atoms with Crippen molar-refractivity contribution in [3.05, 3.63) is 47.8 Å². The summed E-state index contributed by atoms with van der Waals surface area (Å²) in [5.74, 6) is -0.147. The van der Waals surface area contributed by atoms with E-state index in [0.29, 0.717) is 13.1 Å². The van der Waals surface area contributed by atoms with Gasteiger partial charge in [0, 0.05) is 30.8 Å². The number of anilines is 1. The molecule has 3 aromatic rings. The molecule has 8 heteroatoms. The lowest BCUT2D eigenvalue weighted by Crippen LogP contribution is -2.39. The fourth-order valence-corrected chi connectivity index (χ4v) is 3.14. The summed E-state index contributed by atoms with van der Waals surface area (Å²) in [6.07, 6.45) is 8.01. The number of nitrogens with zero attached hydrogens (tertiary/aromatic N) is 4. The first-order valence-corrected chi connectivity index (χ1v) is 9.80. The van der Waals surface area contributed by atoms with E-state index in [1.807, 2.05) is 47.3 Å². The maximum absolute atomic E-state index is 11.2. The standard InChI is InChI=1S/C21H24BN5O2/c1-3-27(4-2)18-8-7-17(20-21(18)25-29-24-20)6-5-16-9-12-26(13-10-16)14-11-23-19(28)15-22/h5-10,12-13H,3-4,11,14-15H2,1-2H3/p+1. The Labute approximate surface area is 171 Å². The van der Waals surface area contributed by atoms with Gasteiger partial charge >= 0.3 is 0 Å². The maximum atomic E-state index is 11.2. The molecule has 0 bridgehead atoms. The van der Waals surface area contributed by atoms with Crippen molar-refractivity contribution in [1.82, 2.24) is 15.6 Å². The lowest BCUT2D eigenvalue weighted by Gasteiger charge is -2.20. The van der Waals surface area contributed by atoms with E-state index in [1.54, 1.807) is 0 Å². The number of hydrogen-bond donors (Lipinski definition) is 1. The molecule has 3 rings (SSSR count). The van der Waals surface area contributed by atoms with E-state index in [1.165, 1.54) is 0 Å². The number of rotatable bonds is 9. The van der Waals surface area contributed by atoms with Crippen molar-refractivity contribution < 1.29 is 14.0 Å². The number of hydrogen-bond acceptors (Lipinski definition) is 5. The summed E-state index contributed by atoms with van der Waals surface area (Å²) in [4.78, 5) is 13.4. The molecule has 0 aliphatic heterocycles. The van der Waals surface area contributed by atoms with Crippen LogP contribution >= 0.6 is 0 Å². The first-order valence-electron chi connectivity index (χ1n) is 9.80. The Kier molecular flexibility index (Phi) is 7.00. The molecule has 2 heterocycles. The average Bonchev–Trinajstić information content (AvgIpc) is 3.25. The molecule has 0 spiro atoms. The van der Waals surface area contributed by atoms with Gasteiger partial charge in [-0.25, -0.2) is 9.20 Å². The van der Waals surface area contributed by atoms with E-state index in [4.69, 9.17) is 12.5 Å². The Morgan fingerprint density at radius 2 is 1.86 bits per heavy atom. The number of carbonyl (C=O) groups is 1. The van der Waals surface area contributed by atoms with E-state index >= 15 is 0 Å². The Bertz CT molecular complexity index is 980. The minimum atomic E-state index is -0.147. The van der Waals surface area contributed by atoms with Crippen molar-refractivity contribution in [1.29, 1.82) is 0 Å². The summed E-state index contributed by atoms with van der Waals surface area (Å²) in [5, 5.41) is 11.0. The second kappa shape index (κ2) is 9.86. The minimum Gasteiger partial charge on any atom is -0.370 e. The van der Waals surface area contributed by atoms with E-state index in [2.05, 4.69) is 40.4 Å². The largest absolute Gasteiger partial charge is 0.370 e. The number of nitrogens with one attached hydrogen (secondary N) is 1. The van der Waals surface area contributed by atoms with Gasteiger partial charge < -0.3 is 10.2 Å². The molecule has 0 fully saturated rings. The van der Waals surface area contributed by atoms with Gasteiger partial charge in [-0.15, -0.1) is 0 Å². The van der Waals surface area contributed by atoms with Crippen molar-refractivity contribution in [2.75, 3.05) is 24.5 Å². The zero-order chi connectivity index (χ0) is 20.6. The predicted octanol–water partition coefficient (Wildman–Crippen LogP) is 2.23. The van der Waals surface area contributed by atoms with Crippen LogP contribution in [0.4, 0.5) is 5.69 Å². The first-order chi connectivity index (χ1) is 14.2. The quantitative estimate of drug-likeness (QED) is 0.448. The number of pyridine rings is 1. The van der Waals surface area contributed by atoms with Crippen LogP contribution in [0.1, 0.15) is 25.0 Å². The first kappa shape index (κ1) is 20.6. The van der Waals surface area contributed by atoms with Gasteiger partial charge in [-0.1, -0.05) is 18.2 Å². The fourth-order valence-electron chi connectivity index (χ4n) is 3.14. The van der Waals surface area contributed by atoms with Crippen molar-refractivity contribution in [3.63, 3.8) is 0 Å². The highest BCUT2D eigenvalue weighted by atomic mass is 16.6. The van der Waals surface area contributed by atoms with Crippen LogP contribution in [0.25, 0.3) is 23.2 Å². The Balaban J connectivity index is 1.71. The third-order valence-corrected chi connectivity index (χ3v) is 4.78. The van der Waals surface area contributed by atoms with Crippen LogP contribution in [0, 0.1) is 0 Å². The second-order valence-electron chi connectivity index (χ2n) is 6.56.